The lowest BCUT2D eigenvalue weighted by Gasteiger charge is -2.07. The first kappa shape index (κ1) is 24.5. The molecule has 0 bridgehead atoms. The number of aryl methyl sites for hydroxylation is 1. The molecular weight excluding hydrogens is 532 g/mol. The fraction of sp³-hybridized carbons (Fsp3) is 0.192. The van der Waals surface area contributed by atoms with Gasteiger partial charge in [-0.15, -0.1) is 10.2 Å². The van der Waals surface area contributed by atoms with E-state index in [-0.39, 0.29) is 0 Å². The second kappa shape index (κ2) is 12.2. The van der Waals surface area contributed by atoms with Crippen LogP contribution in [0.15, 0.2) is 87.5 Å². The molecule has 5 nitrogen and oxygen atoms in total. The third-order valence-electron chi connectivity index (χ3n) is 4.93. The molecule has 0 saturated carbocycles. The minimum atomic E-state index is 0.505. The lowest BCUT2D eigenvalue weighted by molar-refractivity contribution is 0.306. The van der Waals surface area contributed by atoms with Crippen LogP contribution in [0.3, 0.4) is 0 Å². The second-order valence-corrected chi connectivity index (χ2v) is 9.90. The van der Waals surface area contributed by atoms with Gasteiger partial charge in [-0.2, -0.15) is 9.78 Å². The fourth-order valence-electron chi connectivity index (χ4n) is 3.17. The molecule has 0 atom stereocenters. The number of benzene rings is 3. The van der Waals surface area contributed by atoms with Crippen LogP contribution in [0.5, 0.6) is 5.75 Å². The average molecular weight is 556 g/mol. The van der Waals surface area contributed by atoms with Crippen molar-refractivity contribution in [3.8, 4) is 5.75 Å². The van der Waals surface area contributed by atoms with E-state index in [2.05, 4.69) is 33.1 Å². The van der Waals surface area contributed by atoms with Gasteiger partial charge < -0.3 is 4.74 Å². The van der Waals surface area contributed by atoms with E-state index < -0.39 is 0 Å². The average Bonchev–Trinajstić information content (AvgIpc) is 3.24. The number of hydrogen-bond acceptors (Lipinski definition) is 5. The molecule has 0 saturated heterocycles. The van der Waals surface area contributed by atoms with Gasteiger partial charge in [0.25, 0.3) is 0 Å². The first-order valence-electron chi connectivity index (χ1n) is 10.9. The predicted molar refractivity (Wildman–Crippen MR) is 143 cm³/mol. The summed E-state index contributed by atoms with van der Waals surface area (Å²) in [5.41, 5.74) is 3.22. The summed E-state index contributed by atoms with van der Waals surface area (Å²) in [4.78, 5) is 0. The predicted octanol–water partition coefficient (Wildman–Crippen LogP) is 7.40. The quantitative estimate of drug-likeness (QED) is 0.151. The van der Waals surface area contributed by atoms with Gasteiger partial charge in [-0.1, -0.05) is 82.6 Å². The number of rotatable bonds is 10. The van der Waals surface area contributed by atoms with Crippen LogP contribution in [0, 0.1) is 0 Å². The molecule has 34 heavy (non-hydrogen) atoms. The van der Waals surface area contributed by atoms with E-state index in [0.29, 0.717) is 6.61 Å². The Hall–Kier alpha value is -2.61. The highest BCUT2D eigenvalue weighted by Gasteiger charge is 2.12. The standard InChI is InChI=1S/C26H24BrClN4OS/c1-2-4-25-30-31-26(34-18-20-9-13-23(28)14-10-20)32(25)29-16-21-5-3-6-24(15-21)33-17-19-7-11-22(27)12-8-19/h3,5-16H,2,4,17-18H2,1H3/b29-16+. The molecule has 1 heterocycles. The molecular formula is C26H24BrClN4OS. The Morgan fingerprint density at radius 2 is 1.79 bits per heavy atom. The monoisotopic (exact) mass is 554 g/mol. The normalized spacial score (nSPS) is 11.3. The molecule has 0 aliphatic carbocycles. The number of nitrogens with zero attached hydrogens (tertiary/aromatic N) is 4. The Balaban J connectivity index is 1.46. The molecule has 4 aromatic rings. The van der Waals surface area contributed by atoms with Crippen LogP contribution in [0.2, 0.25) is 5.02 Å². The summed E-state index contributed by atoms with van der Waals surface area (Å²) in [6.07, 6.45) is 3.60. The van der Waals surface area contributed by atoms with Crippen molar-refractivity contribution in [3.05, 3.63) is 105 Å². The third kappa shape index (κ3) is 6.95. The minimum Gasteiger partial charge on any atom is -0.489 e. The van der Waals surface area contributed by atoms with E-state index in [1.165, 1.54) is 5.56 Å². The lowest BCUT2D eigenvalue weighted by atomic mass is 10.2. The Kier molecular flexibility index (Phi) is 8.79. The van der Waals surface area contributed by atoms with Crippen LogP contribution in [0.1, 0.15) is 35.9 Å². The highest BCUT2D eigenvalue weighted by atomic mass is 79.9. The van der Waals surface area contributed by atoms with Gasteiger partial charge in [-0.3, -0.25) is 0 Å². The molecule has 4 rings (SSSR count). The van der Waals surface area contributed by atoms with Crippen LogP contribution < -0.4 is 4.74 Å². The van der Waals surface area contributed by atoms with E-state index in [4.69, 9.17) is 21.4 Å². The van der Waals surface area contributed by atoms with Crippen LogP contribution in [-0.2, 0) is 18.8 Å². The van der Waals surface area contributed by atoms with Gasteiger partial charge in [-0.25, -0.2) is 0 Å². The number of ether oxygens (including phenoxy) is 1. The minimum absolute atomic E-state index is 0.505. The lowest BCUT2D eigenvalue weighted by Crippen LogP contribution is -2.00. The van der Waals surface area contributed by atoms with Crippen molar-refractivity contribution in [2.45, 2.75) is 37.3 Å². The number of hydrogen-bond donors (Lipinski definition) is 0. The van der Waals surface area contributed by atoms with Gasteiger partial charge >= 0.3 is 0 Å². The Bertz CT molecular complexity index is 1240. The van der Waals surface area contributed by atoms with Crippen LogP contribution >= 0.6 is 39.3 Å². The van der Waals surface area contributed by atoms with Gasteiger partial charge in [0.05, 0.1) is 6.21 Å². The van der Waals surface area contributed by atoms with Crippen molar-refractivity contribution in [1.29, 1.82) is 0 Å². The maximum atomic E-state index is 6.00. The molecule has 0 fully saturated rings. The maximum Gasteiger partial charge on any atom is 0.212 e. The molecule has 0 aliphatic rings. The highest BCUT2D eigenvalue weighted by Crippen LogP contribution is 2.24. The summed E-state index contributed by atoms with van der Waals surface area (Å²) < 4.78 is 8.85. The van der Waals surface area contributed by atoms with E-state index >= 15 is 0 Å². The zero-order valence-electron chi connectivity index (χ0n) is 18.7. The topological polar surface area (TPSA) is 52.3 Å². The maximum absolute atomic E-state index is 6.00. The molecule has 3 aromatic carbocycles. The first-order valence-corrected chi connectivity index (χ1v) is 13.1. The third-order valence-corrected chi connectivity index (χ3v) is 6.70. The number of thioether (sulfide) groups is 1. The Morgan fingerprint density at radius 1 is 1.03 bits per heavy atom. The van der Waals surface area contributed by atoms with Crippen LogP contribution in [-0.4, -0.2) is 21.1 Å². The van der Waals surface area contributed by atoms with E-state index in [9.17, 15) is 0 Å². The molecule has 0 unspecified atom stereocenters. The van der Waals surface area contributed by atoms with Gasteiger partial charge in [0, 0.05) is 21.7 Å². The van der Waals surface area contributed by atoms with Crippen molar-refractivity contribution >= 4 is 45.5 Å². The molecule has 0 N–H and O–H groups in total. The smallest absolute Gasteiger partial charge is 0.212 e. The summed E-state index contributed by atoms with van der Waals surface area (Å²) in [5.74, 6) is 2.40. The first-order chi connectivity index (χ1) is 16.6. The summed E-state index contributed by atoms with van der Waals surface area (Å²) >= 11 is 11.1. The largest absolute Gasteiger partial charge is 0.489 e. The molecule has 0 amide bonds. The van der Waals surface area contributed by atoms with E-state index in [0.717, 1.165) is 55.9 Å². The molecule has 0 spiro atoms. The van der Waals surface area contributed by atoms with Crippen molar-refractivity contribution in [2.75, 3.05) is 0 Å². The van der Waals surface area contributed by atoms with Crippen molar-refractivity contribution in [3.63, 3.8) is 0 Å². The van der Waals surface area contributed by atoms with Crippen LogP contribution in [0.25, 0.3) is 0 Å². The van der Waals surface area contributed by atoms with Gasteiger partial charge in [-0.05, 0) is 59.5 Å². The summed E-state index contributed by atoms with van der Waals surface area (Å²) in [7, 11) is 0. The zero-order valence-corrected chi connectivity index (χ0v) is 21.9. The van der Waals surface area contributed by atoms with Gasteiger partial charge in [0.1, 0.15) is 12.4 Å². The summed E-state index contributed by atoms with van der Waals surface area (Å²) in [6.45, 7) is 2.63. The second-order valence-electron chi connectivity index (χ2n) is 7.61. The number of aromatic nitrogens is 3. The zero-order chi connectivity index (χ0) is 23.8. The SMILES string of the molecule is CCCc1nnc(SCc2ccc(Cl)cc2)n1/N=C/c1cccc(OCc2ccc(Br)cc2)c1. The van der Waals surface area contributed by atoms with Crippen molar-refractivity contribution in [1.82, 2.24) is 14.9 Å². The van der Waals surface area contributed by atoms with Gasteiger partial charge in [0.15, 0.2) is 5.82 Å². The summed E-state index contributed by atoms with van der Waals surface area (Å²) in [6, 6.07) is 23.8. The van der Waals surface area contributed by atoms with E-state index in [1.54, 1.807) is 11.8 Å². The van der Waals surface area contributed by atoms with Crippen molar-refractivity contribution < 1.29 is 4.74 Å². The van der Waals surface area contributed by atoms with E-state index in [1.807, 2.05) is 83.7 Å². The number of halogens is 2. The molecule has 174 valence electrons. The van der Waals surface area contributed by atoms with Crippen molar-refractivity contribution in [2.24, 2.45) is 5.10 Å². The van der Waals surface area contributed by atoms with Gasteiger partial charge in [0.2, 0.25) is 5.16 Å². The van der Waals surface area contributed by atoms with Crippen LogP contribution in [0.4, 0.5) is 0 Å². The highest BCUT2D eigenvalue weighted by molar-refractivity contribution is 9.10. The fourth-order valence-corrected chi connectivity index (χ4v) is 4.42. The molecule has 8 heteroatoms. The summed E-state index contributed by atoms with van der Waals surface area (Å²) in [5, 5.41) is 14.9. The Morgan fingerprint density at radius 3 is 2.56 bits per heavy atom. The molecule has 1 aromatic heterocycles. The Labute approximate surface area is 217 Å². The molecule has 0 radical (unpaired) electrons. The molecule has 0 aliphatic heterocycles.